The fourth-order valence-corrected chi connectivity index (χ4v) is 1.74. The predicted molar refractivity (Wildman–Crippen MR) is 70.7 cm³/mol. The average Bonchev–Trinajstić information content (AvgIpc) is 2.28. The number of aromatic carboxylic acids is 1. The van der Waals surface area contributed by atoms with Gasteiger partial charge in [0, 0.05) is 19.3 Å². The second-order valence-corrected chi connectivity index (χ2v) is 4.81. The maximum Gasteiger partial charge on any atom is 0.335 e. The van der Waals surface area contributed by atoms with Crippen LogP contribution < -0.4 is 4.90 Å². The van der Waals surface area contributed by atoms with E-state index < -0.39 is 5.97 Å². The van der Waals surface area contributed by atoms with Gasteiger partial charge in [0.25, 0.3) is 0 Å². The van der Waals surface area contributed by atoms with Gasteiger partial charge in [0.05, 0.1) is 5.56 Å². The maximum atomic E-state index is 10.9. The summed E-state index contributed by atoms with van der Waals surface area (Å²) in [7, 11) is 2.00. The lowest BCUT2D eigenvalue weighted by molar-refractivity contribution is 0.0697. The lowest BCUT2D eigenvalue weighted by Crippen LogP contribution is -2.19. The van der Waals surface area contributed by atoms with Crippen molar-refractivity contribution in [3.05, 3.63) is 29.8 Å². The number of carbonyl (C=O) groups is 1. The Labute approximate surface area is 103 Å². The molecule has 1 rings (SSSR count). The van der Waals surface area contributed by atoms with Gasteiger partial charge in [-0.05, 0) is 37.0 Å². The predicted octanol–water partition coefficient (Wildman–Crippen LogP) is 3.26. The molecule has 0 aliphatic rings. The van der Waals surface area contributed by atoms with E-state index in [9.17, 15) is 4.79 Å². The molecule has 1 N–H and O–H groups in total. The van der Waals surface area contributed by atoms with Crippen molar-refractivity contribution in [3.8, 4) is 0 Å². The monoisotopic (exact) mass is 235 g/mol. The van der Waals surface area contributed by atoms with E-state index in [0.29, 0.717) is 11.5 Å². The van der Waals surface area contributed by atoms with Gasteiger partial charge in [-0.3, -0.25) is 0 Å². The summed E-state index contributed by atoms with van der Waals surface area (Å²) in [5.41, 5.74) is 1.31. The van der Waals surface area contributed by atoms with Gasteiger partial charge >= 0.3 is 5.97 Å². The third-order valence-electron chi connectivity index (χ3n) is 2.81. The average molecular weight is 235 g/mol. The molecule has 0 bridgehead atoms. The molecule has 0 aliphatic carbocycles. The number of rotatable bonds is 6. The van der Waals surface area contributed by atoms with Gasteiger partial charge < -0.3 is 10.0 Å². The summed E-state index contributed by atoms with van der Waals surface area (Å²) in [4.78, 5) is 13.0. The maximum absolute atomic E-state index is 10.9. The van der Waals surface area contributed by atoms with Crippen LogP contribution in [0.3, 0.4) is 0 Å². The van der Waals surface area contributed by atoms with E-state index >= 15 is 0 Å². The molecule has 0 atom stereocenters. The summed E-state index contributed by atoms with van der Waals surface area (Å²) in [5, 5.41) is 8.92. The minimum absolute atomic E-state index is 0.346. The van der Waals surface area contributed by atoms with Crippen molar-refractivity contribution < 1.29 is 9.90 Å². The Bertz CT molecular complexity index is 374. The van der Waals surface area contributed by atoms with Gasteiger partial charge in [0.2, 0.25) is 0 Å². The van der Waals surface area contributed by atoms with E-state index in [4.69, 9.17) is 5.11 Å². The van der Waals surface area contributed by atoms with Crippen molar-refractivity contribution in [1.82, 2.24) is 0 Å². The quantitative estimate of drug-likeness (QED) is 0.822. The molecule has 17 heavy (non-hydrogen) atoms. The Morgan fingerprint density at radius 1 is 1.41 bits per heavy atom. The summed E-state index contributed by atoms with van der Waals surface area (Å²) in [5.74, 6) is -0.156. The summed E-state index contributed by atoms with van der Waals surface area (Å²) in [6.07, 6.45) is 2.33. The van der Waals surface area contributed by atoms with Crippen LogP contribution in [0.15, 0.2) is 24.3 Å². The molecule has 3 heteroatoms. The molecule has 3 nitrogen and oxygen atoms in total. The minimum Gasteiger partial charge on any atom is -0.478 e. The van der Waals surface area contributed by atoms with Crippen molar-refractivity contribution in [2.45, 2.75) is 26.7 Å². The smallest absolute Gasteiger partial charge is 0.335 e. The molecular formula is C14H21NO2. The highest BCUT2D eigenvalue weighted by Crippen LogP contribution is 2.16. The number of carboxylic acids is 1. The molecular weight excluding hydrogens is 214 g/mol. The Morgan fingerprint density at radius 3 is 2.71 bits per heavy atom. The van der Waals surface area contributed by atoms with E-state index in [1.807, 2.05) is 13.1 Å². The molecule has 0 amide bonds. The van der Waals surface area contributed by atoms with Crippen molar-refractivity contribution in [2.24, 2.45) is 5.92 Å². The van der Waals surface area contributed by atoms with Gasteiger partial charge in [-0.2, -0.15) is 0 Å². The summed E-state index contributed by atoms with van der Waals surface area (Å²) in [6, 6.07) is 7.07. The first-order chi connectivity index (χ1) is 8.00. The Balaban J connectivity index is 2.59. The summed E-state index contributed by atoms with van der Waals surface area (Å²) in [6.45, 7) is 5.39. The zero-order valence-corrected chi connectivity index (χ0v) is 10.8. The number of carboxylic acid groups (broad SMARTS) is 1. The van der Waals surface area contributed by atoms with Gasteiger partial charge in [-0.1, -0.05) is 19.9 Å². The first kappa shape index (κ1) is 13.6. The van der Waals surface area contributed by atoms with E-state index in [-0.39, 0.29) is 0 Å². The lowest BCUT2D eigenvalue weighted by Gasteiger charge is -2.20. The largest absolute Gasteiger partial charge is 0.478 e. The second-order valence-electron chi connectivity index (χ2n) is 4.81. The lowest BCUT2D eigenvalue weighted by atomic mass is 10.1. The number of hydrogen-bond donors (Lipinski definition) is 1. The molecule has 0 aromatic heterocycles. The van der Waals surface area contributed by atoms with Crippen molar-refractivity contribution in [1.29, 1.82) is 0 Å². The van der Waals surface area contributed by atoms with Crippen LogP contribution in [0.25, 0.3) is 0 Å². The molecule has 1 aromatic rings. The standard InChI is InChI=1S/C14H21NO2/c1-11(2)6-5-9-15(3)13-8-4-7-12(10-13)14(16)17/h4,7-8,10-11H,5-6,9H2,1-3H3,(H,16,17). The topological polar surface area (TPSA) is 40.5 Å². The summed E-state index contributed by atoms with van der Waals surface area (Å²) < 4.78 is 0. The van der Waals surface area contributed by atoms with Crippen LogP contribution in [0, 0.1) is 5.92 Å². The molecule has 1 aromatic carbocycles. The van der Waals surface area contributed by atoms with Crippen LogP contribution in [0.5, 0.6) is 0 Å². The van der Waals surface area contributed by atoms with Gasteiger partial charge in [-0.25, -0.2) is 4.79 Å². The number of anilines is 1. The third kappa shape index (κ3) is 4.47. The van der Waals surface area contributed by atoms with Crippen LogP contribution in [-0.4, -0.2) is 24.7 Å². The van der Waals surface area contributed by atoms with E-state index in [2.05, 4.69) is 18.7 Å². The van der Waals surface area contributed by atoms with Gasteiger partial charge in [0.1, 0.15) is 0 Å². The van der Waals surface area contributed by atoms with Crippen LogP contribution in [0.2, 0.25) is 0 Å². The normalized spacial score (nSPS) is 10.6. The SMILES string of the molecule is CC(C)CCCN(C)c1cccc(C(=O)O)c1. The zero-order valence-electron chi connectivity index (χ0n) is 10.8. The van der Waals surface area contributed by atoms with Crippen LogP contribution in [-0.2, 0) is 0 Å². The highest BCUT2D eigenvalue weighted by atomic mass is 16.4. The third-order valence-corrected chi connectivity index (χ3v) is 2.81. The molecule has 0 saturated carbocycles. The Kier molecular flexibility index (Phi) is 5.01. The molecule has 94 valence electrons. The number of nitrogens with zero attached hydrogens (tertiary/aromatic N) is 1. The van der Waals surface area contributed by atoms with E-state index in [0.717, 1.165) is 18.7 Å². The highest BCUT2D eigenvalue weighted by Gasteiger charge is 2.06. The van der Waals surface area contributed by atoms with Crippen LogP contribution in [0.1, 0.15) is 37.0 Å². The van der Waals surface area contributed by atoms with Crippen molar-refractivity contribution in [2.75, 3.05) is 18.5 Å². The van der Waals surface area contributed by atoms with Crippen molar-refractivity contribution >= 4 is 11.7 Å². The van der Waals surface area contributed by atoms with Gasteiger partial charge in [-0.15, -0.1) is 0 Å². The van der Waals surface area contributed by atoms with Gasteiger partial charge in [0.15, 0.2) is 0 Å². The zero-order chi connectivity index (χ0) is 12.8. The van der Waals surface area contributed by atoms with E-state index in [1.54, 1.807) is 18.2 Å². The molecule has 0 spiro atoms. The minimum atomic E-state index is -0.873. The van der Waals surface area contributed by atoms with Crippen LogP contribution >= 0.6 is 0 Å². The molecule has 0 radical (unpaired) electrons. The first-order valence-corrected chi connectivity index (χ1v) is 6.05. The highest BCUT2D eigenvalue weighted by molar-refractivity contribution is 5.88. The number of benzene rings is 1. The van der Waals surface area contributed by atoms with E-state index in [1.165, 1.54) is 6.42 Å². The summed E-state index contributed by atoms with van der Waals surface area (Å²) >= 11 is 0. The Morgan fingerprint density at radius 2 is 2.12 bits per heavy atom. The second kappa shape index (κ2) is 6.28. The fourth-order valence-electron chi connectivity index (χ4n) is 1.74. The molecule has 0 heterocycles. The van der Waals surface area contributed by atoms with Crippen molar-refractivity contribution in [3.63, 3.8) is 0 Å². The molecule has 0 unspecified atom stereocenters. The first-order valence-electron chi connectivity index (χ1n) is 6.05. The number of hydrogen-bond acceptors (Lipinski definition) is 2. The van der Waals surface area contributed by atoms with Crippen LogP contribution in [0.4, 0.5) is 5.69 Å². The molecule has 0 aliphatic heterocycles. The molecule has 0 saturated heterocycles. The fraction of sp³-hybridized carbons (Fsp3) is 0.500. The molecule has 0 fully saturated rings. The Hall–Kier alpha value is -1.51.